The molecule has 0 saturated carbocycles. The highest BCUT2D eigenvalue weighted by molar-refractivity contribution is 5.97. The van der Waals surface area contributed by atoms with Crippen LogP contribution < -0.4 is 15.4 Å². The Kier molecular flexibility index (Phi) is 7.50. The minimum Gasteiger partial charge on any atom is -0.496 e. The van der Waals surface area contributed by atoms with E-state index in [0.717, 1.165) is 0 Å². The van der Waals surface area contributed by atoms with Crippen LogP contribution in [0.1, 0.15) is 23.7 Å². The highest BCUT2D eigenvalue weighted by atomic mass is 19.1. The number of methoxy groups -OCH3 is 1. The highest BCUT2D eigenvalue weighted by Crippen LogP contribution is 2.16. The summed E-state index contributed by atoms with van der Waals surface area (Å²) < 4.78 is 23.0. The number of hydrogen-bond donors (Lipinski definition) is 2. The van der Waals surface area contributed by atoms with Crippen LogP contribution in [-0.4, -0.2) is 37.5 Å². The van der Waals surface area contributed by atoms with E-state index in [1.807, 2.05) is 0 Å². The molecule has 7 nitrogen and oxygen atoms in total. The zero-order valence-corrected chi connectivity index (χ0v) is 15.5. The van der Waals surface area contributed by atoms with E-state index in [-0.39, 0.29) is 18.9 Å². The van der Waals surface area contributed by atoms with Crippen LogP contribution in [0.25, 0.3) is 0 Å². The first-order chi connectivity index (χ1) is 13.4. The Hall–Kier alpha value is -3.42. The number of esters is 1. The molecule has 2 N–H and O–H groups in total. The molecule has 0 unspecified atom stereocenters. The molecule has 2 aromatic rings. The van der Waals surface area contributed by atoms with Crippen molar-refractivity contribution in [2.45, 2.75) is 19.4 Å². The van der Waals surface area contributed by atoms with Crippen LogP contribution in [-0.2, 0) is 14.3 Å². The average molecular weight is 388 g/mol. The second-order valence-corrected chi connectivity index (χ2v) is 5.83. The Morgan fingerprint density at radius 1 is 1.07 bits per heavy atom. The summed E-state index contributed by atoms with van der Waals surface area (Å²) in [6, 6.07) is 11.9. The molecule has 0 fully saturated rings. The number of halogens is 1. The summed E-state index contributed by atoms with van der Waals surface area (Å²) in [5.41, 5.74) is 0.740. The maximum absolute atomic E-state index is 12.9. The van der Waals surface area contributed by atoms with Gasteiger partial charge in [-0.25, -0.2) is 4.39 Å². The van der Waals surface area contributed by atoms with Gasteiger partial charge in [0.2, 0.25) is 0 Å². The first-order valence-electron chi connectivity index (χ1n) is 8.58. The molecule has 1 atom stereocenters. The quantitative estimate of drug-likeness (QED) is 0.678. The molecule has 0 aliphatic rings. The van der Waals surface area contributed by atoms with E-state index in [4.69, 9.17) is 9.47 Å². The van der Waals surface area contributed by atoms with E-state index in [0.29, 0.717) is 17.0 Å². The lowest BCUT2D eigenvalue weighted by atomic mass is 10.2. The van der Waals surface area contributed by atoms with Crippen LogP contribution in [0.3, 0.4) is 0 Å². The van der Waals surface area contributed by atoms with Crippen LogP contribution in [0, 0.1) is 5.82 Å². The largest absolute Gasteiger partial charge is 0.496 e. The summed E-state index contributed by atoms with van der Waals surface area (Å²) in [5.74, 6) is -1.56. The summed E-state index contributed by atoms with van der Waals surface area (Å²) in [6.45, 7) is 1.46. The first kappa shape index (κ1) is 20.9. The molecule has 2 amide bonds. The van der Waals surface area contributed by atoms with E-state index >= 15 is 0 Å². The van der Waals surface area contributed by atoms with Gasteiger partial charge in [0.1, 0.15) is 11.6 Å². The highest BCUT2D eigenvalue weighted by Gasteiger charge is 2.18. The summed E-state index contributed by atoms with van der Waals surface area (Å²) in [5, 5.41) is 5.11. The van der Waals surface area contributed by atoms with Crippen molar-refractivity contribution in [3.63, 3.8) is 0 Å². The van der Waals surface area contributed by atoms with Crippen molar-refractivity contribution in [1.82, 2.24) is 5.32 Å². The molecule has 2 rings (SSSR count). The number of carbonyl (C=O) groups is 3. The van der Waals surface area contributed by atoms with Crippen LogP contribution in [0.4, 0.5) is 10.1 Å². The number of para-hydroxylation sites is 1. The molecule has 0 aromatic heterocycles. The smallest absolute Gasteiger partial charge is 0.308 e. The van der Waals surface area contributed by atoms with E-state index in [1.54, 1.807) is 24.3 Å². The SMILES string of the molecule is COc1ccccc1C(=O)NCCC(=O)O[C@H](C)C(=O)Nc1ccc(F)cc1. The lowest BCUT2D eigenvalue weighted by Gasteiger charge is -2.14. The molecule has 0 aliphatic heterocycles. The second kappa shape index (κ2) is 10.1. The average Bonchev–Trinajstić information content (AvgIpc) is 2.69. The third-order valence-corrected chi connectivity index (χ3v) is 3.76. The van der Waals surface area contributed by atoms with Gasteiger partial charge in [-0.05, 0) is 43.3 Å². The predicted molar refractivity (Wildman–Crippen MR) is 101 cm³/mol. The number of rotatable bonds is 8. The molecule has 0 aliphatic carbocycles. The monoisotopic (exact) mass is 388 g/mol. The van der Waals surface area contributed by atoms with Crippen molar-refractivity contribution in [3.8, 4) is 5.75 Å². The minimum absolute atomic E-state index is 0.0437. The molecular formula is C20H21FN2O5. The van der Waals surface area contributed by atoms with Crippen LogP contribution in [0.15, 0.2) is 48.5 Å². The molecular weight excluding hydrogens is 367 g/mol. The molecule has 28 heavy (non-hydrogen) atoms. The first-order valence-corrected chi connectivity index (χ1v) is 8.58. The van der Waals surface area contributed by atoms with Crippen molar-refractivity contribution >= 4 is 23.5 Å². The zero-order chi connectivity index (χ0) is 20.5. The molecule has 0 spiro atoms. The lowest BCUT2D eigenvalue weighted by molar-refractivity contribution is -0.153. The third-order valence-electron chi connectivity index (χ3n) is 3.76. The van der Waals surface area contributed by atoms with E-state index in [2.05, 4.69) is 10.6 Å². The molecule has 2 aromatic carbocycles. The van der Waals surface area contributed by atoms with E-state index in [9.17, 15) is 18.8 Å². The third kappa shape index (κ3) is 6.08. The van der Waals surface area contributed by atoms with Crippen molar-refractivity contribution in [2.24, 2.45) is 0 Å². The molecule has 0 heterocycles. The van der Waals surface area contributed by atoms with Gasteiger partial charge in [0.15, 0.2) is 6.10 Å². The van der Waals surface area contributed by atoms with Gasteiger partial charge in [-0.1, -0.05) is 12.1 Å². The normalized spacial score (nSPS) is 11.2. The maximum Gasteiger partial charge on any atom is 0.308 e. The van der Waals surface area contributed by atoms with Gasteiger partial charge in [0.05, 0.1) is 19.1 Å². The summed E-state index contributed by atoms with van der Waals surface area (Å²) in [7, 11) is 1.46. The molecule has 0 bridgehead atoms. The number of anilines is 1. The van der Waals surface area contributed by atoms with Crippen molar-refractivity contribution in [3.05, 3.63) is 59.9 Å². The Labute approximate surface area is 161 Å². The van der Waals surface area contributed by atoms with Gasteiger partial charge in [0.25, 0.3) is 11.8 Å². The lowest BCUT2D eigenvalue weighted by Crippen LogP contribution is -2.32. The van der Waals surface area contributed by atoms with Crippen LogP contribution in [0.2, 0.25) is 0 Å². The van der Waals surface area contributed by atoms with Gasteiger partial charge in [-0.15, -0.1) is 0 Å². The number of carbonyl (C=O) groups excluding carboxylic acids is 3. The summed E-state index contributed by atoms with van der Waals surface area (Å²) in [4.78, 5) is 36.0. The number of nitrogens with one attached hydrogen (secondary N) is 2. The summed E-state index contributed by atoms with van der Waals surface area (Å²) >= 11 is 0. The van der Waals surface area contributed by atoms with Crippen molar-refractivity contribution < 1.29 is 28.2 Å². The number of benzene rings is 2. The predicted octanol–water partition coefficient (Wildman–Crippen LogP) is 2.52. The number of hydrogen-bond acceptors (Lipinski definition) is 5. The molecule has 8 heteroatoms. The fraction of sp³-hybridized carbons (Fsp3) is 0.250. The van der Waals surface area contributed by atoms with Gasteiger partial charge in [-0.3, -0.25) is 14.4 Å². The van der Waals surface area contributed by atoms with E-state index in [1.165, 1.54) is 38.3 Å². The summed E-state index contributed by atoms with van der Waals surface area (Å²) in [6.07, 6.45) is -1.14. The topological polar surface area (TPSA) is 93.7 Å². The van der Waals surface area contributed by atoms with Gasteiger partial charge >= 0.3 is 5.97 Å². The molecule has 0 saturated heterocycles. The Morgan fingerprint density at radius 2 is 1.75 bits per heavy atom. The van der Waals surface area contributed by atoms with Crippen LogP contribution >= 0.6 is 0 Å². The van der Waals surface area contributed by atoms with Crippen LogP contribution in [0.5, 0.6) is 5.75 Å². The Morgan fingerprint density at radius 3 is 2.43 bits per heavy atom. The van der Waals surface area contributed by atoms with Gasteiger partial charge in [0, 0.05) is 12.2 Å². The number of amides is 2. The van der Waals surface area contributed by atoms with Gasteiger partial charge in [-0.2, -0.15) is 0 Å². The molecule has 148 valence electrons. The van der Waals surface area contributed by atoms with Crippen molar-refractivity contribution in [1.29, 1.82) is 0 Å². The van der Waals surface area contributed by atoms with Gasteiger partial charge < -0.3 is 20.1 Å². The van der Waals surface area contributed by atoms with E-state index < -0.39 is 23.8 Å². The standard InChI is InChI=1S/C20H21FN2O5/c1-13(19(25)23-15-9-7-14(21)8-10-15)28-18(24)11-12-22-20(26)16-5-3-4-6-17(16)27-2/h3-10,13H,11-12H2,1-2H3,(H,22,26)(H,23,25)/t13-/m1/s1. The fourth-order valence-corrected chi connectivity index (χ4v) is 2.29. The zero-order valence-electron chi connectivity index (χ0n) is 15.5. The minimum atomic E-state index is -1.04. The Bertz CT molecular complexity index is 839. The number of ether oxygens (including phenoxy) is 2. The Balaban J connectivity index is 1.76. The fourth-order valence-electron chi connectivity index (χ4n) is 2.29. The molecule has 0 radical (unpaired) electrons. The second-order valence-electron chi connectivity index (χ2n) is 5.83. The maximum atomic E-state index is 12.9. The van der Waals surface area contributed by atoms with Crippen molar-refractivity contribution in [2.75, 3.05) is 19.0 Å².